The molecule has 1 aliphatic heterocycles. The maximum Gasteiger partial charge on any atom is 0.260 e. The van der Waals surface area contributed by atoms with Gasteiger partial charge in [0.2, 0.25) is 0 Å². The lowest BCUT2D eigenvalue weighted by Crippen LogP contribution is -2.30. The van der Waals surface area contributed by atoms with Crippen LogP contribution < -0.4 is 15.4 Å². The predicted molar refractivity (Wildman–Crippen MR) is 154 cm³/mol. The number of carbonyl (C=O) groups excluding carboxylic acids is 1. The van der Waals surface area contributed by atoms with Crippen molar-refractivity contribution in [3.05, 3.63) is 95.0 Å². The van der Waals surface area contributed by atoms with Crippen LogP contribution in [0.1, 0.15) is 29.2 Å². The van der Waals surface area contributed by atoms with Gasteiger partial charge in [0.05, 0.1) is 23.7 Å². The largest absolute Gasteiger partial charge is 0.487 e. The first-order valence-corrected chi connectivity index (χ1v) is 13.6. The Bertz CT molecular complexity index is 1260. The minimum absolute atomic E-state index is 0.0915. The quantitative estimate of drug-likeness (QED) is 0.218. The van der Waals surface area contributed by atoms with Crippen molar-refractivity contribution in [2.24, 2.45) is 0 Å². The Hall–Kier alpha value is -2.23. The van der Waals surface area contributed by atoms with Crippen LogP contribution in [0.3, 0.4) is 0 Å². The van der Waals surface area contributed by atoms with Crippen molar-refractivity contribution in [1.29, 1.82) is 5.26 Å². The monoisotopic (exact) mass is 693 g/mol. The SMILES string of the molecule is CCc1ccc(N[C@@H]2NC(=O)/C(=C/c3cc(I)c(OCc4ccccc4C#N)c(I)c3)S2)cc1. The van der Waals surface area contributed by atoms with Gasteiger partial charge in [0.25, 0.3) is 5.91 Å². The van der Waals surface area contributed by atoms with E-state index in [4.69, 9.17) is 4.74 Å². The molecule has 0 spiro atoms. The van der Waals surface area contributed by atoms with Crippen LogP contribution in [-0.4, -0.2) is 11.4 Å². The molecule has 1 saturated heterocycles. The molecular formula is C26H21I2N3O2S. The predicted octanol–water partition coefficient (Wildman–Crippen LogP) is 6.51. The first-order chi connectivity index (χ1) is 16.5. The number of ether oxygens (including phenoxy) is 1. The zero-order chi connectivity index (χ0) is 24.1. The lowest BCUT2D eigenvalue weighted by Gasteiger charge is -2.13. The number of hydrogen-bond acceptors (Lipinski definition) is 5. The third kappa shape index (κ3) is 6.06. The molecule has 1 atom stereocenters. The van der Waals surface area contributed by atoms with E-state index in [0.717, 1.165) is 36.1 Å². The van der Waals surface area contributed by atoms with Crippen LogP contribution in [0.4, 0.5) is 5.69 Å². The molecular weight excluding hydrogens is 672 g/mol. The van der Waals surface area contributed by atoms with Crippen LogP contribution in [0.25, 0.3) is 6.08 Å². The molecule has 0 bridgehead atoms. The van der Waals surface area contributed by atoms with Gasteiger partial charge in [0, 0.05) is 11.3 Å². The highest BCUT2D eigenvalue weighted by atomic mass is 127. The van der Waals surface area contributed by atoms with E-state index in [1.807, 2.05) is 48.5 Å². The number of anilines is 1. The number of carbonyl (C=O) groups is 1. The summed E-state index contributed by atoms with van der Waals surface area (Å²) in [7, 11) is 0. The molecule has 1 heterocycles. The summed E-state index contributed by atoms with van der Waals surface area (Å²) in [5, 5.41) is 15.6. The van der Waals surface area contributed by atoms with Crippen LogP contribution in [0.5, 0.6) is 5.75 Å². The molecule has 34 heavy (non-hydrogen) atoms. The van der Waals surface area contributed by atoms with Crippen molar-refractivity contribution in [1.82, 2.24) is 5.32 Å². The van der Waals surface area contributed by atoms with Gasteiger partial charge in [0.1, 0.15) is 12.4 Å². The number of aryl methyl sites for hydroxylation is 1. The highest BCUT2D eigenvalue weighted by Gasteiger charge is 2.27. The van der Waals surface area contributed by atoms with E-state index in [-0.39, 0.29) is 11.4 Å². The van der Waals surface area contributed by atoms with Gasteiger partial charge in [-0.15, -0.1) is 0 Å². The molecule has 0 saturated carbocycles. The van der Waals surface area contributed by atoms with Crippen molar-refractivity contribution in [3.8, 4) is 11.8 Å². The Morgan fingerprint density at radius 2 is 1.85 bits per heavy atom. The number of rotatable bonds is 7. The standard InChI is InChI=1S/C26H21I2N3O2S/c1-2-16-7-9-20(10-8-16)30-26-31-25(32)23(34-26)13-17-11-21(27)24(22(28)12-17)33-15-19-6-4-3-5-18(19)14-29/h3-13,26,30H,2,15H2,1H3,(H,31,32)/b23-13-/t26-/m1/s1. The van der Waals surface area contributed by atoms with Gasteiger partial charge in [-0.3, -0.25) is 4.79 Å². The van der Waals surface area contributed by atoms with Gasteiger partial charge in [-0.25, -0.2) is 0 Å². The van der Waals surface area contributed by atoms with E-state index >= 15 is 0 Å². The molecule has 5 nitrogen and oxygen atoms in total. The second-order valence-electron chi connectivity index (χ2n) is 7.55. The van der Waals surface area contributed by atoms with Crippen LogP contribution in [-0.2, 0) is 17.8 Å². The summed E-state index contributed by atoms with van der Waals surface area (Å²) in [5.41, 5.74) is 4.43. The Morgan fingerprint density at radius 1 is 1.15 bits per heavy atom. The maximum atomic E-state index is 12.5. The van der Waals surface area contributed by atoms with E-state index in [1.165, 1.54) is 17.3 Å². The van der Waals surface area contributed by atoms with Crippen molar-refractivity contribution in [2.75, 3.05) is 5.32 Å². The van der Waals surface area contributed by atoms with Gasteiger partial charge in [-0.1, -0.05) is 49.0 Å². The Morgan fingerprint density at radius 3 is 2.53 bits per heavy atom. The van der Waals surface area contributed by atoms with Crippen molar-refractivity contribution < 1.29 is 9.53 Å². The summed E-state index contributed by atoms with van der Waals surface area (Å²) in [6, 6.07) is 21.9. The summed E-state index contributed by atoms with van der Waals surface area (Å²) in [5.74, 6) is 0.681. The van der Waals surface area contributed by atoms with Gasteiger partial charge in [-0.2, -0.15) is 5.26 Å². The molecule has 1 fully saturated rings. The molecule has 8 heteroatoms. The van der Waals surface area contributed by atoms with Gasteiger partial charge >= 0.3 is 0 Å². The fraction of sp³-hybridized carbons (Fsp3) is 0.154. The van der Waals surface area contributed by atoms with Crippen LogP contribution in [0, 0.1) is 18.5 Å². The second-order valence-corrected chi connectivity index (χ2v) is 11.0. The molecule has 4 rings (SSSR count). The highest BCUT2D eigenvalue weighted by Crippen LogP contribution is 2.34. The Kier molecular flexibility index (Phi) is 8.39. The summed E-state index contributed by atoms with van der Waals surface area (Å²) < 4.78 is 7.95. The average Bonchev–Trinajstić information content (AvgIpc) is 3.17. The van der Waals surface area contributed by atoms with Crippen molar-refractivity contribution in [3.63, 3.8) is 0 Å². The minimum atomic E-state index is -0.216. The first-order valence-electron chi connectivity index (χ1n) is 10.6. The molecule has 0 aliphatic carbocycles. The lowest BCUT2D eigenvalue weighted by atomic mass is 10.1. The highest BCUT2D eigenvalue weighted by molar-refractivity contribution is 14.1. The van der Waals surface area contributed by atoms with E-state index in [1.54, 1.807) is 6.07 Å². The fourth-order valence-electron chi connectivity index (χ4n) is 3.41. The fourth-order valence-corrected chi connectivity index (χ4v) is 6.52. The molecule has 3 aromatic rings. The smallest absolute Gasteiger partial charge is 0.260 e. The molecule has 3 aromatic carbocycles. The first kappa shape index (κ1) is 24.9. The van der Waals surface area contributed by atoms with E-state index in [2.05, 4.69) is 80.9 Å². The molecule has 0 radical (unpaired) electrons. The Labute approximate surface area is 230 Å². The molecule has 1 amide bonds. The van der Waals surface area contributed by atoms with E-state index in [0.29, 0.717) is 17.1 Å². The number of thioether (sulfide) groups is 1. The molecule has 0 unspecified atom stereocenters. The van der Waals surface area contributed by atoms with Gasteiger partial charge in [0.15, 0.2) is 5.50 Å². The third-order valence-corrected chi connectivity index (χ3v) is 7.85. The number of nitrogens with one attached hydrogen (secondary N) is 2. The van der Waals surface area contributed by atoms with Gasteiger partial charge < -0.3 is 15.4 Å². The summed E-state index contributed by atoms with van der Waals surface area (Å²) in [4.78, 5) is 13.2. The number of hydrogen-bond donors (Lipinski definition) is 2. The number of nitriles is 1. The minimum Gasteiger partial charge on any atom is -0.487 e. The number of nitrogens with zero attached hydrogens (tertiary/aromatic N) is 1. The molecule has 172 valence electrons. The maximum absolute atomic E-state index is 12.5. The normalized spacial score (nSPS) is 16.2. The number of amides is 1. The topological polar surface area (TPSA) is 74.2 Å². The molecule has 2 N–H and O–H groups in total. The van der Waals surface area contributed by atoms with E-state index in [9.17, 15) is 10.1 Å². The van der Waals surface area contributed by atoms with Crippen LogP contribution in [0.15, 0.2) is 65.6 Å². The Balaban J connectivity index is 1.45. The third-order valence-electron chi connectivity index (χ3n) is 5.22. The van der Waals surface area contributed by atoms with Gasteiger partial charge in [-0.05, 0) is 99.1 Å². The van der Waals surface area contributed by atoms with Crippen LogP contribution in [0.2, 0.25) is 0 Å². The molecule has 1 aliphatic rings. The zero-order valence-electron chi connectivity index (χ0n) is 18.3. The van der Waals surface area contributed by atoms with Crippen LogP contribution >= 0.6 is 56.9 Å². The summed E-state index contributed by atoms with van der Waals surface area (Å²) in [6.07, 6.45) is 2.90. The summed E-state index contributed by atoms with van der Waals surface area (Å²) in [6.45, 7) is 2.45. The second kappa shape index (κ2) is 11.5. The number of halogens is 2. The molecule has 0 aromatic heterocycles. The van der Waals surface area contributed by atoms with Crippen molar-refractivity contribution in [2.45, 2.75) is 25.4 Å². The van der Waals surface area contributed by atoms with Crippen molar-refractivity contribution >= 4 is 74.6 Å². The lowest BCUT2D eigenvalue weighted by molar-refractivity contribution is -0.116. The van der Waals surface area contributed by atoms with E-state index < -0.39 is 0 Å². The number of benzene rings is 3. The summed E-state index contributed by atoms with van der Waals surface area (Å²) >= 11 is 5.96. The average molecular weight is 693 g/mol. The zero-order valence-corrected chi connectivity index (χ0v) is 23.4.